The van der Waals surface area contributed by atoms with E-state index in [2.05, 4.69) is 14.9 Å². The Morgan fingerprint density at radius 1 is 1.00 bits per heavy atom. The van der Waals surface area contributed by atoms with Gasteiger partial charge in [-0.3, -0.25) is 9.29 Å². The molecule has 2 aromatic carbocycles. The highest BCUT2D eigenvalue weighted by Gasteiger charge is 2.25. The summed E-state index contributed by atoms with van der Waals surface area (Å²) in [6.07, 6.45) is 0.316. The lowest BCUT2D eigenvalue weighted by molar-refractivity contribution is 0.391. The van der Waals surface area contributed by atoms with Gasteiger partial charge in [-0.05, 0) is 47.7 Å². The van der Waals surface area contributed by atoms with Crippen LogP contribution in [0.3, 0.4) is 0 Å². The molecular weight excluding hydrogens is 484 g/mol. The third kappa shape index (κ3) is 5.13. The maximum atomic E-state index is 13.0. The van der Waals surface area contributed by atoms with E-state index in [4.69, 9.17) is 21.1 Å². The average molecular weight is 505 g/mol. The lowest BCUT2D eigenvalue weighted by atomic mass is 10.2. The Morgan fingerprint density at radius 3 is 2.30 bits per heavy atom. The molecule has 11 heteroatoms. The molecule has 0 amide bonds. The van der Waals surface area contributed by atoms with Crippen LogP contribution >= 0.6 is 22.9 Å². The molecule has 0 atom stereocenters. The van der Waals surface area contributed by atoms with Crippen LogP contribution < -0.4 is 14.2 Å². The third-order valence-corrected chi connectivity index (χ3v) is 7.20. The van der Waals surface area contributed by atoms with E-state index < -0.39 is 10.0 Å². The van der Waals surface area contributed by atoms with Crippen LogP contribution in [0.15, 0.2) is 60.0 Å². The lowest BCUT2D eigenvalue weighted by Gasteiger charge is -2.17. The first-order valence-corrected chi connectivity index (χ1v) is 12.8. The summed E-state index contributed by atoms with van der Waals surface area (Å²) in [6.45, 7) is 0. The van der Waals surface area contributed by atoms with Crippen molar-refractivity contribution in [3.8, 4) is 27.9 Å². The molecule has 0 spiro atoms. The largest absolute Gasteiger partial charge is 0.494 e. The Labute approximate surface area is 200 Å². The van der Waals surface area contributed by atoms with Gasteiger partial charge in [-0.25, -0.2) is 8.42 Å². The van der Waals surface area contributed by atoms with Crippen LogP contribution in [0.2, 0.25) is 5.02 Å². The maximum absolute atomic E-state index is 13.0. The Morgan fingerprint density at radius 2 is 1.70 bits per heavy atom. The number of anilines is 1. The highest BCUT2D eigenvalue weighted by Crippen LogP contribution is 2.38. The van der Waals surface area contributed by atoms with Crippen LogP contribution in [0.5, 0.6) is 11.5 Å². The van der Waals surface area contributed by atoms with E-state index in [9.17, 15) is 8.42 Å². The highest BCUT2D eigenvalue weighted by atomic mass is 35.5. The van der Waals surface area contributed by atoms with Crippen LogP contribution in [0.4, 0.5) is 5.95 Å². The zero-order chi connectivity index (χ0) is 23.4. The molecule has 0 bridgehead atoms. The Bertz CT molecular complexity index is 1320. The van der Waals surface area contributed by atoms with Gasteiger partial charge in [-0.15, -0.1) is 21.5 Å². The maximum Gasteiger partial charge on any atom is 0.243 e. The number of aryl methyl sites for hydroxylation is 1. The van der Waals surface area contributed by atoms with Crippen molar-refractivity contribution in [2.24, 2.45) is 0 Å². The monoisotopic (exact) mass is 504 g/mol. The van der Waals surface area contributed by atoms with Crippen molar-refractivity contribution in [2.75, 3.05) is 24.7 Å². The number of aromatic nitrogens is 3. The van der Waals surface area contributed by atoms with Gasteiger partial charge in [-0.1, -0.05) is 35.9 Å². The number of benzene rings is 2. The van der Waals surface area contributed by atoms with Crippen molar-refractivity contribution in [1.29, 1.82) is 0 Å². The zero-order valence-corrected chi connectivity index (χ0v) is 20.2. The zero-order valence-electron chi connectivity index (χ0n) is 17.9. The molecule has 0 saturated heterocycles. The van der Waals surface area contributed by atoms with Gasteiger partial charge in [0.1, 0.15) is 17.2 Å². The van der Waals surface area contributed by atoms with Crippen molar-refractivity contribution in [3.05, 3.63) is 70.6 Å². The van der Waals surface area contributed by atoms with Crippen LogP contribution in [0.1, 0.15) is 5.56 Å². The Hall–Kier alpha value is -3.08. The molecule has 0 unspecified atom stereocenters. The molecule has 4 aromatic rings. The van der Waals surface area contributed by atoms with Gasteiger partial charge < -0.3 is 9.47 Å². The average Bonchev–Trinajstić information content (AvgIpc) is 3.48. The molecule has 33 heavy (non-hydrogen) atoms. The number of nitrogens with zero attached hydrogens (tertiary/aromatic N) is 3. The topological polar surface area (TPSA) is 95.3 Å². The molecule has 0 aliphatic carbocycles. The number of sulfonamides is 1. The summed E-state index contributed by atoms with van der Waals surface area (Å²) in [5.41, 5.74) is 1.35. The van der Waals surface area contributed by atoms with Gasteiger partial charge >= 0.3 is 0 Å². The predicted molar refractivity (Wildman–Crippen MR) is 130 cm³/mol. The SMILES string of the molecule is COc1cccc(OC)c1-n1c(NS(=O)(=O)CCc2ccc(Cl)cc2)nnc1-c1cccs1. The van der Waals surface area contributed by atoms with E-state index in [0.29, 0.717) is 34.5 Å². The molecule has 2 heterocycles. The first-order chi connectivity index (χ1) is 15.9. The molecule has 2 aromatic heterocycles. The van der Waals surface area contributed by atoms with E-state index in [1.54, 1.807) is 47.0 Å². The van der Waals surface area contributed by atoms with E-state index >= 15 is 0 Å². The van der Waals surface area contributed by atoms with E-state index in [-0.39, 0.29) is 11.7 Å². The van der Waals surface area contributed by atoms with Gasteiger partial charge in [-0.2, -0.15) is 0 Å². The first kappa shape index (κ1) is 23.1. The van der Waals surface area contributed by atoms with Crippen LogP contribution in [0.25, 0.3) is 16.4 Å². The highest BCUT2D eigenvalue weighted by molar-refractivity contribution is 7.92. The molecule has 1 N–H and O–H groups in total. The first-order valence-electron chi connectivity index (χ1n) is 9.87. The molecule has 4 rings (SSSR count). The minimum absolute atomic E-state index is 0.0392. The lowest BCUT2D eigenvalue weighted by Crippen LogP contribution is -2.21. The number of rotatable bonds is 9. The standard InChI is InChI=1S/C22H21ClN4O4S2/c1-30-17-5-3-6-18(31-2)20(17)27-21(19-7-4-13-32-19)24-25-22(27)26-33(28,29)14-12-15-8-10-16(23)11-9-15/h3-11,13H,12,14H2,1-2H3,(H,25,26). The molecule has 0 fully saturated rings. The number of para-hydroxylation sites is 1. The fourth-order valence-electron chi connectivity index (χ4n) is 3.27. The second-order valence-corrected chi connectivity index (χ2v) is 10.2. The molecule has 0 aliphatic rings. The molecule has 0 aliphatic heterocycles. The summed E-state index contributed by atoms with van der Waals surface area (Å²) >= 11 is 7.37. The summed E-state index contributed by atoms with van der Waals surface area (Å²) in [4.78, 5) is 0.807. The number of hydrogen-bond acceptors (Lipinski definition) is 7. The number of halogens is 1. The number of ether oxygens (including phenoxy) is 2. The Balaban J connectivity index is 1.73. The van der Waals surface area contributed by atoms with Gasteiger partial charge in [0, 0.05) is 5.02 Å². The fourth-order valence-corrected chi connectivity index (χ4v) is 5.11. The molecule has 172 valence electrons. The quantitative estimate of drug-likeness (QED) is 0.356. The van der Waals surface area contributed by atoms with Gasteiger partial charge in [0.25, 0.3) is 0 Å². The van der Waals surface area contributed by atoms with Crippen LogP contribution in [0, 0.1) is 0 Å². The summed E-state index contributed by atoms with van der Waals surface area (Å²) in [5, 5.41) is 10.9. The number of methoxy groups -OCH3 is 2. The van der Waals surface area contributed by atoms with Gasteiger partial charge in [0.05, 0.1) is 24.8 Å². The van der Waals surface area contributed by atoms with Crippen molar-refractivity contribution >= 4 is 38.9 Å². The normalized spacial score (nSPS) is 11.4. The van der Waals surface area contributed by atoms with Crippen molar-refractivity contribution < 1.29 is 17.9 Å². The Kier molecular flexibility index (Phi) is 6.87. The minimum Gasteiger partial charge on any atom is -0.494 e. The number of nitrogens with one attached hydrogen (secondary N) is 1. The molecular formula is C22H21ClN4O4S2. The molecule has 8 nitrogen and oxygen atoms in total. The summed E-state index contributed by atoms with van der Waals surface area (Å²) in [5.74, 6) is 1.32. The van der Waals surface area contributed by atoms with Gasteiger partial charge in [0.15, 0.2) is 5.82 Å². The van der Waals surface area contributed by atoms with Crippen LogP contribution in [-0.2, 0) is 16.4 Å². The van der Waals surface area contributed by atoms with E-state index in [0.717, 1.165) is 10.4 Å². The predicted octanol–water partition coefficient (Wildman–Crippen LogP) is 4.65. The summed E-state index contributed by atoms with van der Waals surface area (Å²) in [7, 11) is -0.690. The smallest absolute Gasteiger partial charge is 0.243 e. The van der Waals surface area contributed by atoms with E-state index in [1.807, 2.05) is 17.5 Å². The fraction of sp³-hybridized carbons (Fsp3) is 0.182. The summed E-state index contributed by atoms with van der Waals surface area (Å²) in [6, 6.07) is 16.1. The number of thiophene rings is 1. The minimum atomic E-state index is -3.75. The van der Waals surface area contributed by atoms with E-state index in [1.165, 1.54) is 25.6 Å². The van der Waals surface area contributed by atoms with Crippen molar-refractivity contribution in [3.63, 3.8) is 0 Å². The molecule has 0 saturated carbocycles. The van der Waals surface area contributed by atoms with Crippen molar-refractivity contribution in [1.82, 2.24) is 14.8 Å². The summed E-state index contributed by atoms with van der Waals surface area (Å²) < 4.78 is 41.2. The van der Waals surface area contributed by atoms with Crippen LogP contribution in [-0.4, -0.2) is 43.2 Å². The van der Waals surface area contributed by atoms with Gasteiger partial charge in [0.2, 0.25) is 16.0 Å². The van der Waals surface area contributed by atoms with Crippen molar-refractivity contribution in [2.45, 2.75) is 6.42 Å². The third-order valence-electron chi connectivity index (χ3n) is 4.85. The number of hydrogen-bond donors (Lipinski definition) is 1. The second-order valence-electron chi connectivity index (χ2n) is 6.97. The molecule has 0 radical (unpaired) electrons. The second kappa shape index (κ2) is 9.82.